The number of esters is 1. The highest BCUT2D eigenvalue weighted by Gasteiger charge is 2.25. The van der Waals surface area contributed by atoms with Gasteiger partial charge in [0.2, 0.25) is 6.23 Å². The van der Waals surface area contributed by atoms with E-state index in [2.05, 4.69) is 25.8 Å². The summed E-state index contributed by atoms with van der Waals surface area (Å²) in [5.74, 6) is -0.857. The number of aromatic nitrogens is 4. The van der Waals surface area contributed by atoms with E-state index in [-0.39, 0.29) is 29.8 Å². The van der Waals surface area contributed by atoms with Gasteiger partial charge in [-0.15, -0.1) is 15.0 Å². The van der Waals surface area contributed by atoms with E-state index in [1.807, 2.05) is 6.92 Å². The van der Waals surface area contributed by atoms with E-state index >= 15 is 0 Å². The van der Waals surface area contributed by atoms with Gasteiger partial charge in [0.05, 0.1) is 17.3 Å². The minimum Gasteiger partial charge on any atom is -0.460 e. The zero-order chi connectivity index (χ0) is 27.1. The van der Waals surface area contributed by atoms with E-state index in [0.29, 0.717) is 16.3 Å². The number of nitrogens with one attached hydrogen (secondary N) is 2. The van der Waals surface area contributed by atoms with E-state index in [0.717, 1.165) is 15.3 Å². The molecule has 14 heteroatoms. The van der Waals surface area contributed by atoms with Crippen molar-refractivity contribution in [3.63, 3.8) is 0 Å². The summed E-state index contributed by atoms with van der Waals surface area (Å²) in [5.41, 5.74) is 1.63. The molecule has 196 valence electrons. The quantitative estimate of drug-likeness (QED) is 0.383. The molecule has 0 aliphatic heterocycles. The summed E-state index contributed by atoms with van der Waals surface area (Å²) in [6.07, 6.45) is -0.334. The van der Waals surface area contributed by atoms with Crippen LogP contribution in [-0.4, -0.2) is 58.6 Å². The van der Waals surface area contributed by atoms with Gasteiger partial charge in [-0.05, 0) is 44.7 Å². The predicted molar refractivity (Wildman–Crippen MR) is 137 cm³/mol. The summed E-state index contributed by atoms with van der Waals surface area (Å²) < 4.78 is 10.6. The first-order valence-corrected chi connectivity index (χ1v) is 11.7. The fourth-order valence-electron chi connectivity index (χ4n) is 3.07. The van der Waals surface area contributed by atoms with Crippen LogP contribution in [0.2, 0.25) is 10.2 Å². The predicted octanol–water partition coefficient (Wildman–Crippen LogP) is 3.59. The molecule has 2 amide bonds. The van der Waals surface area contributed by atoms with Crippen molar-refractivity contribution in [2.75, 3.05) is 30.9 Å². The second-order valence-electron chi connectivity index (χ2n) is 7.82. The van der Waals surface area contributed by atoms with Gasteiger partial charge in [0.25, 0.3) is 5.91 Å². The van der Waals surface area contributed by atoms with Crippen LogP contribution in [0.3, 0.4) is 0 Å². The van der Waals surface area contributed by atoms with Crippen LogP contribution in [0.1, 0.15) is 34.8 Å². The second-order valence-corrected chi connectivity index (χ2v) is 8.58. The van der Waals surface area contributed by atoms with Gasteiger partial charge in [0, 0.05) is 18.8 Å². The Morgan fingerprint density at radius 3 is 2.65 bits per heavy atom. The number of aryl methyl sites for hydroxylation is 1. The van der Waals surface area contributed by atoms with Crippen molar-refractivity contribution in [3.8, 4) is 0 Å². The largest absolute Gasteiger partial charge is 0.460 e. The van der Waals surface area contributed by atoms with E-state index in [9.17, 15) is 14.4 Å². The van der Waals surface area contributed by atoms with Crippen molar-refractivity contribution in [2.45, 2.75) is 26.7 Å². The third-order valence-corrected chi connectivity index (χ3v) is 5.51. The molecule has 3 aromatic rings. The van der Waals surface area contributed by atoms with Gasteiger partial charge in [-0.3, -0.25) is 14.5 Å². The molecule has 2 aromatic heterocycles. The molecule has 0 bridgehead atoms. The second kappa shape index (κ2) is 12.5. The van der Waals surface area contributed by atoms with Crippen LogP contribution >= 0.6 is 23.2 Å². The number of amides is 2. The highest BCUT2D eigenvalue weighted by atomic mass is 35.5. The number of carbonyl (C=O) groups excluding carboxylic acids is 3. The van der Waals surface area contributed by atoms with Gasteiger partial charge >= 0.3 is 12.1 Å². The smallest absolute Gasteiger partial charge is 0.417 e. The molecule has 0 fully saturated rings. The highest BCUT2D eigenvalue weighted by molar-refractivity contribution is 6.35. The molecule has 0 saturated heterocycles. The van der Waals surface area contributed by atoms with Crippen LogP contribution in [0, 0.1) is 6.92 Å². The number of likely N-dealkylation sites (N-methyl/N-ethyl adjacent to an activating group) is 1. The number of hydrogen-bond donors (Lipinski definition) is 2. The molecule has 0 radical (unpaired) electrons. The van der Waals surface area contributed by atoms with E-state index in [4.69, 9.17) is 32.7 Å². The molecule has 0 aliphatic carbocycles. The monoisotopic (exact) mass is 549 g/mol. The lowest BCUT2D eigenvalue weighted by atomic mass is 10.2. The zero-order valence-corrected chi connectivity index (χ0v) is 22.0. The molecule has 0 aliphatic rings. The zero-order valence-electron chi connectivity index (χ0n) is 20.5. The van der Waals surface area contributed by atoms with Crippen LogP contribution in [0.4, 0.5) is 16.3 Å². The molecule has 12 nitrogen and oxygen atoms in total. The number of rotatable bonds is 9. The third kappa shape index (κ3) is 7.15. The fraction of sp³-hybridized carbons (Fsp3) is 0.304. The summed E-state index contributed by atoms with van der Waals surface area (Å²) in [7, 11) is 3.07. The summed E-state index contributed by atoms with van der Waals surface area (Å²) in [5, 5.41) is 13.5. The van der Waals surface area contributed by atoms with Gasteiger partial charge in [-0.1, -0.05) is 35.3 Å². The molecular weight excluding hydrogens is 525 g/mol. The molecule has 0 spiro atoms. The maximum absolute atomic E-state index is 12.8. The topological polar surface area (TPSA) is 141 Å². The Labute approximate surface area is 222 Å². The lowest BCUT2D eigenvalue weighted by molar-refractivity contribution is -0.143. The van der Waals surface area contributed by atoms with Gasteiger partial charge in [0.15, 0.2) is 10.8 Å². The highest BCUT2D eigenvalue weighted by Crippen LogP contribution is 2.24. The van der Waals surface area contributed by atoms with Crippen molar-refractivity contribution in [1.29, 1.82) is 0 Å². The standard InChI is InChI=1S/C23H25Cl2N7O5/c1-13-7-8-17(16(24)10-13)28-22(34)19-20(25)30-32(29-19)14(2)37-23(35)31(4)21-15(6-5-9-27-21)12-36-18(33)11-26-3/h5-10,14,26H,11-12H2,1-4H3,(H,28,34). The Balaban J connectivity index is 1.68. The van der Waals surface area contributed by atoms with Crippen LogP contribution < -0.4 is 15.5 Å². The summed E-state index contributed by atoms with van der Waals surface area (Å²) in [6.45, 7) is 3.33. The average molecular weight is 550 g/mol. The van der Waals surface area contributed by atoms with Crippen molar-refractivity contribution in [3.05, 3.63) is 63.5 Å². The Bertz CT molecular complexity index is 1300. The molecule has 1 aromatic carbocycles. The maximum Gasteiger partial charge on any atom is 0.417 e. The van der Waals surface area contributed by atoms with Crippen LogP contribution in [-0.2, 0) is 20.9 Å². The summed E-state index contributed by atoms with van der Waals surface area (Å²) >= 11 is 12.3. The maximum atomic E-state index is 12.8. The van der Waals surface area contributed by atoms with Crippen LogP contribution in [0.25, 0.3) is 0 Å². The SMILES string of the molecule is CNCC(=O)OCc1cccnc1N(C)C(=O)OC(C)n1nc(Cl)c(C(=O)Nc2ccc(C)cc2Cl)n1. The summed E-state index contributed by atoms with van der Waals surface area (Å²) in [4.78, 5) is 43.5. The number of halogens is 2. The molecule has 2 N–H and O–H groups in total. The van der Waals surface area contributed by atoms with Crippen LogP contribution in [0.5, 0.6) is 0 Å². The average Bonchev–Trinajstić information content (AvgIpc) is 3.26. The number of hydrogen-bond acceptors (Lipinski definition) is 9. The lowest BCUT2D eigenvalue weighted by Gasteiger charge is -2.21. The number of benzene rings is 1. The van der Waals surface area contributed by atoms with Gasteiger partial charge in [-0.2, -0.15) is 0 Å². The molecule has 1 unspecified atom stereocenters. The van der Waals surface area contributed by atoms with E-state index in [1.165, 1.54) is 20.2 Å². The molecule has 3 rings (SSSR count). The Morgan fingerprint density at radius 1 is 1.19 bits per heavy atom. The number of anilines is 2. The first-order valence-electron chi connectivity index (χ1n) is 11.0. The molecule has 0 saturated carbocycles. The lowest BCUT2D eigenvalue weighted by Crippen LogP contribution is -2.31. The van der Waals surface area contributed by atoms with Gasteiger partial charge < -0.3 is 20.1 Å². The van der Waals surface area contributed by atoms with Gasteiger partial charge in [0.1, 0.15) is 12.4 Å². The molecular formula is C23H25Cl2N7O5. The van der Waals surface area contributed by atoms with Crippen LogP contribution in [0.15, 0.2) is 36.5 Å². The van der Waals surface area contributed by atoms with Gasteiger partial charge in [-0.25, -0.2) is 9.78 Å². The van der Waals surface area contributed by atoms with E-state index < -0.39 is 24.2 Å². The van der Waals surface area contributed by atoms with Crippen molar-refractivity contribution >= 4 is 52.7 Å². The first kappa shape index (κ1) is 27.8. The fourth-order valence-corrected chi connectivity index (χ4v) is 3.55. The Kier molecular flexibility index (Phi) is 9.39. The molecule has 2 heterocycles. The van der Waals surface area contributed by atoms with E-state index in [1.54, 1.807) is 37.4 Å². The van der Waals surface area contributed by atoms with Crippen molar-refractivity contribution in [1.82, 2.24) is 25.3 Å². The normalized spacial score (nSPS) is 11.5. The summed E-state index contributed by atoms with van der Waals surface area (Å²) in [6, 6.07) is 8.47. The third-order valence-electron chi connectivity index (χ3n) is 4.94. The minimum absolute atomic E-state index is 0.0441. The minimum atomic E-state index is -1.03. The number of pyridine rings is 1. The number of ether oxygens (including phenoxy) is 2. The van der Waals surface area contributed by atoms with Crippen molar-refractivity contribution < 1.29 is 23.9 Å². The number of carbonyl (C=O) groups is 3. The Hall–Kier alpha value is -3.74. The Morgan fingerprint density at radius 2 is 1.95 bits per heavy atom. The number of nitrogens with zero attached hydrogens (tertiary/aromatic N) is 5. The van der Waals surface area contributed by atoms with Crippen molar-refractivity contribution in [2.24, 2.45) is 0 Å². The first-order chi connectivity index (χ1) is 17.6. The molecule has 37 heavy (non-hydrogen) atoms. The molecule has 1 atom stereocenters.